The van der Waals surface area contributed by atoms with Crippen molar-refractivity contribution >= 4 is 33.0 Å². The molecule has 0 unspecified atom stereocenters. The van der Waals surface area contributed by atoms with Crippen molar-refractivity contribution in [3.63, 3.8) is 0 Å². The molecule has 1 N–H and O–H groups in total. The van der Waals surface area contributed by atoms with Gasteiger partial charge in [-0.1, -0.05) is 22.0 Å². The fraction of sp³-hybridized carbons (Fsp3) is 0.357. The number of aromatic amines is 1. The van der Waals surface area contributed by atoms with Crippen LogP contribution in [0.1, 0.15) is 18.7 Å². The van der Waals surface area contributed by atoms with Crippen LogP contribution in [0.4, 0.5) is 0 Å². The number of halogens is 1. The van der Waals surface area contributed by atoms with E-state index in [9.17, 15) is 0 Å². The maximum atomic E-state index is 5.35. The fourth-order valence-corrected chi connectivity index (χ4v) is 2.58. The van der Waals surface area contributed by atoms with Gasteiger partial charge in [0.15, 0.2) is 0 Å². The van der Waals surface area contributed by atoms with Crippen LogP contribution in [0.5, 0.6) is 0 Å². The fourth-order valence-electron chi connectivity index (χ4n) is 2.22. The number of H-pyrrole nitrogens is 1. The van der Waals surface area contributed by atoms with Gasteiger partial charge in [-0.3, -0.25) is 0 Å². The molecule has 4 heteroatoms. The number of allylic oxidation sites excluding steroid dienone is 1. The van der Waals surface area contributed by atoms with Crippen LogP contribution < -0.4 is 0 Å². The summed E-state index contributed by atoms with van der Waals surface area (Å²) < 4.78 is 6.42. The standard InChI is InChI=1S/C14H15BrN2O/c15-11-2-3-12-13(9-11)17-14(16-12)4-1-10-5-7-18-8-6-10/h1-4,9-10H,5-8H2,(H,16,17). The highest BCUT2D eigenvalue weighted by Gasteiger charge is 2.10. The summed E-state index contributed by atoms with van der Waals surface area (Å²) in [4.78, 5) is 7.86. The first kappa shape index (κ1) is 11.9. The van der Waals surface area contributed by atoms with E-state index in [1.54, 1.807) is 0 Å². The smallest absolute Gasteiger partial charge is 0.130 e. The van der Waals surface area contributed by atoms with Crippen LogP contribution in [0.2, 0.25) is 0 Å². The van der Waals surface area contributed by atoms with Gasteiger partial charge >= 0.3 is 0 Å². The Balaban J connectivity index is 1.79. The van der Waals surface area contributed by atoms with Crippen LogP contribution in [0.15, 0.2) is 28.7 Å². The van der Waals surface area contributed by atoms with Crippen molar-refractivity contribution in [3.8, 4) is 0 Å². The molecule has 0 saturated carbocycles. The molecule has 0 spiro atoms. The summed E-state index contributed by atoms with van der Waals surface area (Å²) in [6, 6.07) is 6.07. The van der Waals surface area contributed by atoms with Crippen molar-refractivity contribution in [1.29, 1.82) is 0 Å². The maximum absolute atomic E-state index is 5.35. The third-order valence-corrected chi connectivity index (χ3v) is 3.75. The normalized spacial score (nSPS) is 17.8. The highest BCUT2D eigenvalue weighted by Crippen LogP contribution is 2.20. The minimum Gasteiger partial charge on any atom is -0.381 e. The second kappa shape index (κ2) is 5.24. The van der Waals surface area contributed by atoms with Crippen molar-refractivity contribution in [2.45, 2.75) is 12.8 Å². The number of fused-ring (bicyclic) bond motifs is 1. The Morgan fingerprint density at radius 2 is 2.17 bits per heavy atom. The summed E-state index contributed by atoms with van der Waals surface area (Å²) in [5, 5.41) is 0. The van der Waals surface area contributed by atoms with Gasteiger partial charge < -0.3 is 9.72 Å². The summed E-state index contributed by atoms with van der Waals surface area (Å²) in [6.45, 7) is 1.75. The predicted octanol–water partition coefficient (Wildman–Crippen LogP) is 3.77. The molecule has 1 aliphatic heterocycles. The molecule has 18 heavy (non-hydrogen) atoms. The Bertz CT molecular complexity index is 570. The van der Waals surface area contributed by atoms with E-state index in [2.05, 4.69) is 38.0 Å². The zero-order valence-corrected chi connectivity index (χ0v) is 11.6. The van der Waals surface area contributed by atoms with Crippen molar-refractivity contribution in [3.05, 3.63) is 34.6 Å². The molecule has 1 aromatic heterocycles. The van der Waals surface area contributed by atoms with Crippen LogP contribution in [0, 0.1) is 5.92 Å². The van der Waals surface area contributed by atoms with Gasteiger partial charge in [-0.2, -0.15) is 0 Å². The first-order valence-electron chi connectivity index (χ1n) is 6.22. The summed E-state index contributed by atoms with van der Waals surface area (Å²) in [7, 11) is 0. The Kier molecular flexibility index (Phi) is 3.48. The first-order chi connectivity index (χ1) is 8.81. The lowest BCUT2D eigenvalue weighted by atomic mass is 10.00. The molecule has 2 heterocycles. The van der Waals surface area contributed by atoms with Crippen molar-refractivity contribution < 1.29 is 4.74 Å². The highest BCUT2D eigenvalue weighted by atomic mass is 79.9. The molecule has 2 aromatic rings. The molecule has 0 radical (unpaired) electrons. The minimum atomic E-state index is 0.624. The lowest BCUT2D eigenvalue weighted by Crippen LogP contribution is -2.13. The predicted molar refractivity (Wildman–Crippen MR) is 76.4 cm³/mol. The van der Waals surface area contributed by atoms with Crippen LogP contribution in [-0.2, 0) is 4.74 Å². The average Bonchev–Trinajstić information content (AvgIpc) is 2.79. The van der Waals surface area contributed by atoms with Gasteiger partial charge in [-0.25, -0.2) is 4.98 Å². The number of nitrogens with one attached hydrogen (secondary N) is 1. The van der Waals surface area contributed by atoms with Gasteiger partial charge in [0, 0.05) is 17.7 Å². The molecular weight excluding hydrogens is 292 g/mol. The van der Waals surface area contributed by atoms with E-state index >= 15 is 0 Å². The molecule has 0 amide bonds. The molecule has 3 nitrogen and oxygen atoms in total. The largest absolute Gasteiger partial charge is 0.381 e. The second-order valence-corrected chi connectivity index (χ2v) is 5.51. The molecule has 0 atom stereocenters. The van der Waals surface area contributed by atoms with Gasteiger partial charge in [0.25, 0.3) is 0 Å². The minimum absolute atomic E-state index is 0.624. The van der Waals surface area contributed by atoms with Crippen LogP contribution >= 0.6 is 15.9 Å². The van der Waals surface area contributed by atoms with E-state index < -0.39 is 0 Å². The Labute approximate surface area is 114 Å². The highest BCUT2D eigenvalue weighted by molar-refractivity contribution is 9.10. The van der Waals surface area contributed by atoms with Gasteiger partial charge in [-0.15, -0.1) is 0 Å². The Morgan fingerprint density at radius 1 is 1.33 bits per heavy atom. The van der Waals surface area contributed by atoms with E-state index in [1.165, 1.54) is 0 Å². The molecular formula is C14H15BrN2O. The average molecular weight is 307 g/mol. The van der Waals surface area contributed by atoms with Crippen molar-refractivity contribution in [2.24, 2.45) is 5.92 Å². The summed E-state index contributed by atoms with van der Waals surface area (Å²) in [5.41, 5.74) is 2.07. The molecule has 0 aliphatic carbocycles. The number of ether oxygens (including phenoxy) is 1. The number of nitrogens with zero attached hydrogens (tertiary/aromatic N) is 1. The topological polar surface area (TPSA) is 37.9 Å². The number of imidazole rings is 1. The van der Waals surface area contributed by atoms with Crippen LogP contribution in [-0.4, -0.2) is 23.2 Å². The second-order valence-electron chi connectivity index (χ2n) is 4.59. The number of benzene rings is 1. The third-order valence-electron chi connectivity index (χ3n) is 3.25. The third kappa shape index (κ3) is 2.65. The van der Waals surface area contributed by atoms with Crippen molar-refractivity contribution in [2.75, 3.05) is 13.2 Å². The van der Waals surface area contributed by atoms with Gasteiger partial charge in [0.1, 0.15) is 5.82 Å². The molecule has 1 saturated heterocycles. The summed E-state index contributed by atoms with van der Waals surface area (Å²) in [6.07, 6.45) is 6.56. The zero-order valence-electron chi connectivity index (χ0n) is 10.0. The SMILES string of the molecule is Brc1ccc2nc(C=CC3CCOCC3)[nH]c2c1. The van der Waals surface area contributed by atoms with E-state index in [-0.39, 0.29) is 0 Å². The lowest BCUT2D eigenvalue weighted by Gasteiger charge is -2.18. The van der Waals surface area contributed by atoms with E-state index in [1.807, 2.05) is 18.2 Å². The Morgan fingerprint density at radius 3 is 3.00 bits per heavy atom. The quantitative estimate of drug-likeness (QED) is 0.917. The van der Waals surface area contributed by atoms with Crippen LogP contribution in [0.25, 0.3) is 17.1 Å². The maximum Gasteiger partial charge on any atom is 0.130 e. The van der Waals surface area contributed by atoms with E-state index in [0.29, 0.717) is 5.92 Å². The number of rotatable bonds is 2. The van der Waals surface area contributed by atoms with Gasteiger partial charge in [-0.05, 0) is 43.0 Å². The van der Waals surface area contributed by atoms with E-state index in [0.717, 1.165) is 47.4 Å². The van der Waals surface area contributed by atoms with Crippen LogP contribution in [0.3, 0.4) is 0 Å². The number of hydrogen-bond acceptors (Lipinski definition) is 2. The Hall–Kier alpha value is -1.13. The number of aromatic nitrogens is 2. The summed E-state index contributed by atoms with van der Waals surface area (Å²) >= 11 is 3.46. The van der Waals surface area contributed by atoms with E-state index in [4.69, 9.17) is 4.74 Å². The number of hydrogen-bond donors (Lipinski definition) is 1. The zero-order chi connectivity index (χ0) is 12.4. The molecule has 1 fully saturated rings. The molecule has 0 bridgehead atoms. The monoisotopic (exact) mass is 306 g/mol. The lowest BCUT2D eigenvalue weighted by molar-refractivity contribution is 0.0787. The van der Waals surface area contributed by atoms with Gasteiger partial charge in [0.05, 0.1) is 11.0 Å². The molecule has 1 aliphatic rings. The first-order valence-corrected chi connectivity index (χ1v) is 7.02. The molecule has 1 aromatic carbocycles. The summed E-state index contributed by atoms with van der Waals surface area (Å²) in [5.74, 6) is 1.55. The molecule has 3 rings (SSSR count). The van der Waals surface area contributed by atoms with Crippen molar-refractivity contribution in [1.82, 2.24) is 9.97 Å². The van der Waals surface area contributed by atoms with Gasteiger partial charge in [0.2, 0.25) is 0 Å². The molecule has 94 valence electrons.